The van der Waals surface area contributed by atoms with Gasteiger partial charge in [-0.2, -0.15) is 0 Å². The summed E-state index contributed by atoms with van der Waals surface area (Å²) in [6, 6.07) is -0.985. The van der Waals surface area contributed by atoms with Crippen LogP contribution in [-0.2, 0) is 33.2 Å². The van der Waals surface area contributed by atoms with Crippen molar-refractivity contribution in [2.45, 2.75) is 420 Å². The number of aliphatic hydroxyl groups is 11. The van der Waals surface area contributed by atoms with Crippen molar-refractivity contribution in [1.29, 1.82) is 0 Å². The van der Waals surface area contributed by atoms with E-state index in [0.717, 1.165) is 44.9 Å². The number of hydrogen-bond acceptors (Lipinski definition) is 18. The SMILES string of the molecule is CCCC/C=C/CC/C=C/C(O)C(COC1OC(CO)C(OC2OC(CO)C(OC3OC(CO)C(O)C(O)C3O)C(O)C2O)C(O)C1O)NC(=O)CCCCCCCCCCCCCCCCCCCCCCCCCCCCCCCCCCCCCCCCCCC. The van der Waals surface area contributed by atoms with Gasteiger partial charge in [0.1, 0.15) is 73.2 Å². The standard InChI is InChI=1S/C75H141NO18/c1-3-5-7-9-11-13-14-15-16-17-18-19-20-21-22-23-24-25-26-27-28-29-30-31-32-33-34-35-36-37-38-39-40-41-42-43-44-45-47-49-51-53-63(81)76-58(59(80)52-50-48-46-12-10-8-6-4-2)57-89-73-69(87)66(84)71(61(55-78)91-73)94-75-70(88)67(85)72(62(56-79)92-75)93-74-68(86)65(83)64(82)60(54-77)90-74/h10,12,50,52,58-62,64-75,77-80,82-88H,3-9,11,13-49,51,53-57H2,1-2H3,(H,76,81)/b12-10+,52-50+. The van der Waals surface area contributed by atoms with Crippen LogP contribution in [0.1, 0.15) is 316 Å². The molecule has 17 atom stereocenters. The van der Waals surface area contributed by atoms with Crippen LogP contribution in [0.2, 0.25) is 0 Å². The molecule has 1 amide bonds. The second kappa shape index (κ2) is 57.0. The second-order valence-electron chi connectivity index (χ2n) is 27.8. The third-order valence-electron chi connectivity index (χ3n) is 19.5. The van der Waals surface area contributed by atoms with Crippen molar-refractivity contribution in [3.63, 3.8) is 0 Å². The molecule has 19 heteroatoms. The molecule has 3 aliphatic heterocycles. The zero-order chi connectivity index (χ0) is 68.2. The molecule has 0 saturated carbocycles. The zero-order valence-electron chi connectivity index (χ0n) is 59.0. The Morgan fingerprint density at radius 3 is 1.05 bits per heavy atom. The fraction of sp³-hybridized carbons (Fsp3) is 0.933. The summed E-state index contributed by atoms with van der Waals surface area (Å²) >= 11 is 0. The van der Waals surface area contributed by atoms with Crippen LogP contribution in [0.25, 0.3) is 0 Å². The van der Waals surface area contributed by atoms with Crippen molar-refractivity contribution in [3.05, 3.63) is 24.3 Å². The summed E-state index contributed by atoms with van der Waals surface area (Å²) in [7, 11) is 0. The molecule has 3 saturated heterocycles. The van der Waals surface area contributed by atoms with E-state index in [2.05, 4.69) is 31.3 Å². The van der Waals surface area contributed by atoms with Crippen LogP contribution >= 0.6 is 0 Å². The molecular formula is C75H141NO18. The maximum atomic E-state index is 13.3. The summed E-state index contributed by atoms with van der Waals surface area (Å²) < 4.78 is 34.2. The van der Waals surface area contributed by atoms with Gasteiger partial charge in [-0.1, -0.05) is 308 Å². The van der Waals surface area contributed by atoms with E-state index in [1.807, 2.05) is 6.08 Å². The van der Waals surface area contributed by atoms with Crippen LogP contribution in [0.5, 0.6) is 0 Å². The van der Waals surface area contributed by atoms with Gasteiger partial charge in [-0.15, -0.1) is 0 Å². The Hall–Kier alpha value is -1.73. The number of rotatable bonds is 61. The maximum absolute atomic E-state index is 13.3. The number of ether oxygens (including phenoxy) is 6. The van der Waals surface area contributed by atoms with Gasteiger partial charge >= 0.3 is 0 Å². The third kappa shape index (κ3) is 37.6. The zero-order valence-corrected chi connectivity index (χ0v) is 59.0. The molecule has 3 fully saturated rings. The molecule has 0 aromatic rings. The van der Waals surface area contributed by atoms with Gasteiger partial charge in [0.15, 0.2) is 18.9 Å². The van der Waals surface area contributed by atoms with Crippen molar-refractivity contribution in [1.82, 2.24) is 5.32 Å². The number of amides is 1. The molecular weight excluding hydrogens is 1200 g/mol. The number of aliphatic hydroxyl groups excluding tert-OH is 11. The molecule has 0 aromatic heterocycles. The first-order valence-electron chi connectivity index (χ1n) is 38.6. The number of allylic oxidation sites excluding steroid dienone is 3. The minimum atomic E-state index is -1.98. The smallest absolute Gasteiger partial charge is 0.220 e. The van der Waals surface area contributed by atoms with Crippen LogP contribution in [0.4, 0.5) is 0 Å². The Labute approximate surface area is 568 Å². The summed E-state index contributed by atoms with van der Waals surface area (Å²) in [6.07, 6.45) is 41.3. The summed E-state index contributed by atoms with van der Waals surface area (Å²) in [5.74, 6) is -0.284. The first-order chi connectivity index (χ1) is 45.8. The lowest BCUT2D eigenvalue weighted by Gasteiger charge is -2.48. The van der Waals surface area contributed by atoms with E-state index in [1.54, 1.807) is 6.08 Å². The molecule has 0 bridgehead atoms. The Morgan fingerprint density at radius 1 is 0.372 bits per heavy atom. The molecule has 0 aromatic carbocycles. The van der Waals surface area contributed by atoms with Gasteiger partial charge in [0.2, 0.25) is 5.91 Å². The fourth-order valence-corrected chi connectivity index (χ4v) is 13.3. The van der Waals surface area contributed by atoms with Crippen LogP contribution < -0.4 is 5.32 Å². The average Bonchev–Trinajstić information content (AvgIpc) is 0.791. The van der Waals surface area contributed by atoms with Crippen LogP contribution in [0, 0.1) is 0 Å². The molecule has 3 rings (SSSR count). The van der Waals surface area contributed by atoms with Crippen molar-refractivity contribution >= 4 is 5.91 Å². The lowest BCUT2D eigenvalue weighted by Crippen LogP contribution is -2.66. The lowest BCUT2D eigenvalue weighted by molar-refractivity contribution is -0.379. The number of hydrogen-bond donors (Lipinski definition) is 12. The minimum Gasteiger partial charge on any atom is -0.394 e. The third-order valence-corrected chi connectivity index (χ3v) is 19.5. The summed E-state index contributed by atoms with van der Waals surface area (Å²) in [5, 5.41) is 120. The van der Waals surface area contributed by atoms with Gasteiger partial charge in [-0.25, -0.2) is 0 Å². The second-order valence-corrected chi connectivity index (χ2v) is 27.8. The quantitative estimate of drug-likeness (QED) is 0.0199. The number of carbonyl (C=O) groups excluding carboxylic acids is 1. The van der Waals surface area contributed by atoms with Gasteiger partial charge < -0.3 is 89.9 Å². The lowest BCUT2D eigenvalue weighted by atomic mass is 9.96. The topological polar surface area (TPSA) is 307 Å². The van der Waals surface area contributed by atoms with Gasteiger partial charge in [0.05, 0.1) is 38.6 Å². The molecule has 3 heterocycles. The van der Waals surface area contributed by atoms with Gasteiger partial charge in [0.25, 0.3) is 0 Å². The molecule has 94 heavy (non-hydrogen) atoms. The van der Waals surface area contributed by atoms with E-state index in [-0.39, 0.29) is 18.9 Å². The summed E-state index contributed by atoms with van der Waals surface area (Å²) in [5.41, 5.74) is 0. The van der Waals surface area contributed by atoms with E-state index in [4.69, 9.17) is 28.4 Å². The normalized spacial score (nSPS) is 27.4. The maximum Gasteiger partial charge on any atom is 0.220 e. The largest absolute Gasteiger partial charge is 0.394 e. The van der Waals surface area contributed by atoms with E-state index in [9.17, 15) is 61.0 Å². The monoisotopic (exact) mass is 1340 g/mol. The average molecular weight is 1340 g/mol. The molecule has 0 radical (unpaired) electrons. The minimum absolute atomic E-state index is 0.240. The Kier molecular flexibility index (Phi) is 52.4. The predicted molar refractivity (Wildman–Crippen MR) is 370 cm³/mol. The van der Waals surface area contributed by atoms with Crippen molar-refractivity contribution < 1.29 is 89.4 Å². The highest BCUT2D eigenvalue weighted by Crippen LogP contribution is 2.33. The fourth-order valence-electron chi connectivity index (χ4n) is 13.3. The highest BCUT2D eigenvalue weighted by Gasteiger charge is 2.53. The van der Waals surface area contributed by atoms with Gasteiger partial charge in [0, 0.05) is 6.42 Å². The van der Waals surface area contributed by atoms with Crippen molar-refractivity contribution in [3.8, 4) is 0 Å². The highest BCUT2D eigenvalue weighted by molar-refractivity contribution is 5.76. The first kappa shape index (κ1) is 86.5. The van der Waals surface area contributed by atoms with E-state index >= 15 is 0 Å². The van der Waals surface area contributed by atoms with E-state index in [1.165, 1.54) is 238 Å². The van der Waals surface area contributed by atoms with Crippen LogP contribution in [0.15, 0.2) is 24.3 Å². The first-order valence-corrected chi connectivity index (χ1v) is 38.6. The number of carbonyl (C=O) groups is 1. The summed E-state index contributed by atoms with van der Waals surface area (Å²) in [4.78, 5) is 13.3. The highest BCUT2D eigenvalue weighted by atomic mass is 16.8. The van der Waals surface area contributed by atoms with Crippen molar-refractivity contribution in [2.24, 2.45) is 0 Å². The van der Waals surface area contributed by atoms with Crippen LogP contribution in [-0.4, -0.2) is 193 Å². The molecule has 3 aliphatic rings. The molecule has 0 aliphatic carbocycles. The molecule has 0 spiro atoms. The van der Waals surface area contributed by atoms with Gasteiger partial charge in [-0.05, 0) is 25.7 Å². The van der Waals surface area contributed by atoms with Gasteiger partial charge in [-0.3, -0.25) is 4.79 Å². The van der Waals surface area contributed by atoms with Crippen LogP contribution in [0.3, 0.4) is 0 Å². The number of unbranched alkanes of at least 4 members (excludes halogenated alkanes) is 43. The number of nitrogens with one attached hydrogen (secondary N) is 1. The summed E-state index contributed by atoms with van der Waals surface area (Å²) in [6.45, 7) is 1.65. The Balaban J connectivity index is 1.22. The Bertz CT molecular complexity index is 1800. The van der Waals surface area contributed by atoms with E-state index in [0.29, 0.717) is 12.8 Å². The predicted octanol–water partition coefficient (Wildman–Crippen LogP) is 11.8. The van der Waals surface area contributed by atoms with E-state index < -0.39 is 124 Å². The molecule has 12 N–H and O–H groups in total. The Morgan fingerprint density at radius 2 is 0.681 bits per heavy atom. The molecule has 17 unspecified atom stereocenters. The van der Waals surface area contributed by atoms with Crippen molar-refractivity contribution in [2.75, 3.05) is 26.4 Å². The molecule has 19 nitrogen and oxygen atoms in total. The molecule has 554 valence electrons.